The average Bonchev–Trinajstić information content (AvgIpc) is 3.24. The Labute approximate surface area is 364 Å². The van der Waals surface area contributed by atoms with Crippen molar-refractivity contribution in [1.29, 1.82) is 0 Å². The fourth-order valence-corrected chi connectivity index (χ4v) is 11.0. The number of benzene rings is 2. The molecule has 1 saturated heterocycles. The molecule has 0 radical (unpaired) electrons. The highest BCUT2D eigenvalue weighted by Gasteiger charge is 2.78. The van der Waals surface area contributed by atoms with Crippen LogP contribution in [0.1, 0.15) is 108 Å². The van der Waals surface area contributed by atoms with Crippen molar-refractivity contribution in [2.45, 2.75) is 140 Å². The minimum atomic E-state index is -2.41. The number of aliphatic hydroxyl groups excluding tert-OH is 2. The van der Waals surface area contributed by atoms with E-state index in [9.17, 15) is 43.7 Å². The monoisotopic (exact) mass is 877 g/mol. The molecule has 1 amide bonds. The normalized spacial score (nSPS) is 33.4. The summed E-state index contributed by atoms with van der Waals surface area (Å²) in [4.78, 5) is 83.7. The van der Waals surface area contributed by atoms with E-state index < -0.39 is 118 Å². The van der Waals surface area contributed by atoms with E-state index in [-0.39, 0.29) is 41.2 Å². The van der Waals surface area contributed by atoms with Gasteiger partial charge in [-0.15, -0.1) is 0 Å². The number of amides is 1. The van der Waals surface area contributed by atoms with Crippen LogP contribution in [0, 0.1) is 28.5 Å². The van der Waals surface area contributed by atoms with E-state index in [1.807, 2.05) is 0 Å². The SMILES string of the molecule is CC(=O)O[C@H]1C(=O)[C@@]2(C)[C@H]([C@H](OC(=O)c3ccccc3)[C@]3(O)C[C@H](OC(=O)[C@H](O)[C@@H](NC(=O)C4CCCCC4)c4ccc(F)cc4)C(C)=C1C3(C)C)[C@]1(OC(C)=O)CO[C@@H]1C[C@@H]2O. The summed E-state index contributed by atoms with van der Waals surface area (Å²) in [6.45, 7) is 7.89. The topological polar surface area (TPSA) is 221 Å². The second-order valence-corrected chi connectivity index (χ2v) is 18.5. The molecule has 0 spiro atoms. The van der Waals surface area contributed by atoms with E-state index in [0.29, 0.717) is 12.8 Å². The lowest BCUT2D eigenvalue weighted by Gasteiger charge is -2.67. The van der Waals surface area contributed by atoms with Crippen LogP contribution in [-0.2, 0) is 47.7 Å². The lowest BCUT2D eigenvalue weighted by molar-refractivity contribution is -0.346. The molecular formula is C47H56FNO14. The lowest BCUT2D eigenvalue weighted by atomic mass is 9.44. The van der Waals surface area contributed by atoms with Crippen LogP contribution < -0.4 is 5.32 Å². The first-order valence-corrected chi connectivity index (χ1v) is 21.5. The van der Waals surface area contributed by atoms with Crippen LogP contribution in [0.2, 0.25) is 0 Å². The third-order valence-corrected chi connectivity index (χ3v) is 14.5. The highest BCUT2D eigenvalue weighted by molar-refractivity contribution is 5.95. The molecule has 2 aromatic rings. The molecule has 16 heteroatoms. The van der Waals surface area contributed by atoms with E-state index in [1.54, 1.807) is 32.0 Å². The average molecular weight is 878 g/mol. The maximum atomic E-state index is 15.5. The Morgan fingerprint density at radius 2 is 1.56 bits per heavy atom. The van der Waals surface area contributed by atoms with Gasteiger partial charge in [-0.2, -0.15) is 0 Å². The smallest absolute Gasteiger partial charge is 0.338 e. The second-order valence-electron chi connectivity index (χ2n) is 18.5. The van der Waals surface area contributed by atoms with Gasteiger partial charge in [-0.3, -0.25) is 19.2 Å². The number of hydrogen-bond donors (Lipinski definition) is 4. The van der Waals surface area contributed by atoms with Gasteiger partial charge >= 0.3 is 23.9 Å². The fraction of sp³-hybridized carbons (Fsp3) is 0.574. The van der Waals surface area contributed by atoms with Crippen molar-refractivity contribution in [2.24, 2.45) is 22.7 Å². The largest absolute Gasteiger partial charge is 0.456 e. The summed E-state index contributed by atoms with van der Waals surface area (Å²) < 4.78 is 44.4. The zero-order chi connectivity index (χ0) is 45.8. The number of carbonyl (C=O) groups excluding carboxylic acids is 6. The van der Waals surface area contributed by atoms with Gasteiger partial charge in [-0.1, -0.05) is 63.4 Å². The summed E-state index contributed by atoms with van der Waals surface area (Å²) in [5.74, 6) is -7.74. The Bertz CT molecular complexity index is 2170. The molecular weight excluding hydrogens is 822 g/mol. The van der Waals surface area contributed by atoms with Crippen molar-refractivity contribution in [3.05, 3.63) is 82.7 Å². The molecule has 340 valence electrons. The van der Waals surface area contributed by atoms with Crippen LogP contribution in [0.3, 0.4) is 0 Å². The first-order chi connectivity index (χ1) is 29.7. The van der Waals surface area contributed by atoms with Gasteiger partial charge in [0, 0.05) is 38.0 Å². The summed E-state index contributed by atoms with van der Waals surface area (Å²) >= 11 is 0. The van der Waals surface area contributed by atoms with Gasteiger partial charge in [-0.25, -0.2) is 14.0 Å². The van der Waals surface area contributed by atoms with Crippen LogP contribution in [0.25, 0.3) is 0 Å². The molecule has 11 atom stereocenters. The Morgan fingerprint density at radius 1 is 0.905 bits per heavy atom. The Hall–Kier alpha value is -5.03. The molecule has 1 aliphatic heterocycles. The third kappa shape index (κ3) is 7.86. The van der Waals surface area contributed by atoms with E-state index in [2.05, 4.69) is 5.32 Å². The van der Waals surface area contributed by atoms with E-state index in [4.69, 9.17) is 23.7 Å². The predicted octanol–water partition coefficient (Wildman–Crippen LogP) is 4.14. The minimum Gasteiger partial charge on any atom is -0.456 e. The van der Waals surface area contributed by atoms with Gasteiger partial charge in [0.1, 0.15) is 29.7 Å². The summed E-state index contributed by atoms with van der Waals surface area (Å²) in [6, 6.07) is 11.3. The molecule has 7 rings (SSSR count). The zero-order valence-electron chi connectivity index (χ0n) is 36.3. The Balaban J connectivity index is 1.37. The molecule has 0 aromatic heterocycles. The third-order valence-electron chi connectivity index (χ3n) is 14.5. The van der Waals surface area contributed by atoms with Crippen molar-refractivity contribution >= 4 is 35.6 Å². The van der Waals surface area contributed by atoms with E-state index >= 15 is 4.79 Å². The van der Waals surface area contributed by atoms with Gasteiger partial charge in [0.05, 0.1) is 35.6 Å². The summed E-state index contributed by atoms with van der Waals surface area (Å²) in [7, 11) is 0. The van der Waals surface area contributed by atoms with E-state index in [1.165, 1.54) is 38.1 Å². The molecule has 4 N–H and O–H groups in total. The lowest BCUT2D eigenvalue weighted by Crippen LogP contribution is -2.82. The molecule has 4 aliphatic carbocycles. The second kappa shape index (κ2) is 17.2. The highest BCUT2D eigenvalue weighted by atomic mass is 19.1. The highest BCUT2D eigenvalue weighted by Crippen LogP contribution is 2.64. The number of hydrogen-bond acceptors (Lipinski definition) is 14. The quantitative estimate of drug-likeness (QED) is 0.150. The number of fused-ring (bicyclic) bond motifs is 5. The van der Waals surface area contributed by atoms with Crippen molar-refractivity contribution in [1.82, 2.24) is 5.32 Å². The number of carbonyl (C=O) groups is 6. The number of halogens is 1. The van der Waals surface area contributed by atoms with Crippen molar-refractivity contribution in [2.75, 3.05) is 6.61 Å². The molecule has 2 bridgehead atoms. The van der Waals surface area contributed by atoms with Crippen LogP contribution >= 0.6 is 0 Å². The first-order valence-electron chi connectivity index (χ1n) is 21.5. The number of ether oxygens (including phenoxy) is 5. The molecule has 2 aromatic carbocycles. The van der Waals surface area contributed by atoms with Crippen LogP contribution in [-0.4, -0.2) is 105 Å². The molecule has 3 saturated carbocycles. The number of nitrogens with one attached hydrogen (secondary N) is 1. The zero-order valence-corrected chi connectivity index (χ0v) is 36.3. The number of rotatable bonds is 10. The standard InChI is InChI=1S/C47H56FNO14/c1-24-31(61-43(57)36(53)35(27-17-19-30(48)20-18-27)49-41(55)28-13-9-7-10-14-28)22-47(58)40(62-42(56)29-15-11-8-12-16-29)38-45(6,32(52)21-33-46(38,23-59-33)63-26(3)51)39(54)37(60-25(2)50)34(24)44(47,4)5/h8,11-12,15-20,28,31-33,35-38,40,52-53,58H,7,9-10,13-14,21-23H2,1-6H3,(H,49,55)/t31-,32-,33+,35-,36+,37+,38-,40-,45+,46-,47+/m0/s1. The summed E-state index contributed by atoms with van der Waals surface area (Å²) in [6.07, 6.45) is -6.87. The number of ketones is 1. The fourth-order valence-electron chi connectivity index (χ4n) is 11.0. The van der Waals surface area contributed by atoms with Gasteiger partial charge < -0.3 is 44.3 Å². The molecule has 63 heavy (non-hydrogen) atoms. The summed E-state index contributed by atoms with van der Waals surface area (Å²) in [5, 5.41) is 40.3. The van der Waals surface area contributed by atoms with Gasteiger partial charge in [-0.05, 0) is 67.7 Å². The Kier molecular flexibility index (Phi) is 12.5. The molecule has 5 aliphatic rings. The number of esters is 4. The predicted molar refractivity (Wildman–Crippen MR) is 218 cm³/mol. The van der Waals surface area contributed by atoms with Crippen molar-refractivity contribution < 1.29 is 72.2 Å². The number of aliphatic hydroxyl groups is 3. The molecule has 0 unspecified atom stereocenters. The number of Topliss-reactive ketones (excluding diaryl/α,β-unsaturated/α-hetero) is 1. The van der Waals surface area contributed by atoms with Crippen LogP contribution in [0.4, 0.5) is 4.39 Å². The first kappa shape index (κ1) is 46.0. The van der Waals surface area contributed by atoms with Gasteiger partial charge in [0.25, 0.3) is 0 Å². The Morgan fingerprint density at radius 3 is 2.14 bits per heavy atom. The van der Waals surface area contributed by atoms with E-state index in [0.717, 1.165) is 45.2 Å². The summed E-state index contributed by atoms with van der Waals surface area (Å²) in [5.41, 5.74) is -7.57. The van der Waals surface area contributed by atoms with Gasteiger partial charge in [0.2, 0.25) is 5.91 Å². The minimum absolute atomic E-state index is 0.0226. The maximum absolute atomic E-state index is 15.5. The van der Waals surface area contributed by atoms with Gasteiger partial charge in [0.15, 0.2) is 23.6 Å². The molecule has 1 heterocycles. The van der Waals surface area contributed by atoms with Crippen LogP contribution in [0.5, 0.6) is 0 Å². The van der Waals surface area contributed by atoms with Crippen molar-refractivity contribution in [3.8, 4) is 0 Å². The molecule has 15 nitrogen and oxygen atoms in total. The van der Waals surface area contributed by atoms with Crippen molar-refractivity contribution in [3.63, 3.8) is 0 Å². The molecule has 4 fully saturated rings. The maximum Gasteiger partial charge on any atom is 0.338 e. The van der Waals surface area contributed by atoms with Crippen LogP contribution in [0.15, 0.2) is 65.7 Å².